The van der Waals surface area contributed by atoms with Crippen LogP contribution in [-0.4, -0.2) is 37.8 Å². The molecule has 0 radical (unpaired) electrons. The zero-order valence-electron chi connectivity index (χ0n) is 19.1. The van der Waals surface area contributed by atoms with Crippen molar-refractivity contribution in [1.82, 2.24) is 9.97 Å². The molecular formula is C24H30N4O4. The lowest BCUT2D eigenvalue weighted by molar-refractivity contribution is 0.350. The van der Waals surface area contributed by atoms with Crippen LogP contribution in [0.2, 0.25) is 0 Å². The van der Waals surface area contributed by atoms with Gasteiger partial charge in [-0.3, -0.25) is 0 Å². The maximum absolute atomic E-state index is 6.24. The summed E-state index contributed by atoms with van der Waals surface area (Å²) in [5.74, 6) is 4.05. The van der Waals surface area contributed by atoms with Gasteiger partial charge in [-0.2, -0.15) is 4.98 Å². The van der Waals surface area contributed by atoms with Gasteiger partial charge in [0.25, 0.3) is 0 Å². The van der Waals surface area contributed by atoms with Crippen LogP contribution in [-0.2, 0) is 6.42 Å². The number of anilines is 2. The first-order valence-corrected chi connectivity index (χ1v) is 10.4. The van der Waals surface area contributed by atoms with Crippen molar-refractivity contribution < 1.29 is 18.9 Å². The molecule has 2 aromatic carbocycles. The Hall–Kier alpha value is -3.68. The van der Waals surface area contributed by atoms with Crippen molar-refractivity contribution in [3.05, 3.63) is 53.7 Å². The highest BCUT2D eigenvalue weighted by Gasteiger charge is 2.17. The molecule has 8 nitrogen and oxygen atoms in total. The molecule has 3 rings (SSSR count). The van der Waals surface area contributed by atoms with Gasteiger partial charge >= 0.3 is 0 Å². The molecule has 0 fully saturated rings. The zero-order valence-corrected chi connectivity index (χ0v) is 19.1. The molecule has 1 heterocycles. The summed E-state index contributed by atoms with van der Waals surface area (Å²) in [7, 11) is 4.86. The average Bonchev–Trinajstić information content (AvgIpc) is 2.80. The summed E-state index contributed by atoms with van der Waals surface area (Å²) in [6.07, 6.45) is 2.34. The van der Waals surface area contributed by atoms with Crippen LogP contribution in [0, 0.1) is 0 Å². The number of nitrogens with zero attached hydrogens (tertiary/aromatic N) is 2. The summed E-state index contributed by atoms with van der Waals surface area (Å²) >= 11 is 0. The molecule has 0 aliphatic carbocycles. The molecule has 0 aliphatic rings. The fourth-order valence-electron chi connectivity index (χ4n) is 3.27. The van der Waals surface area contributed by atoms with Crippen molar-refractivity contribution >= 4 is 11.8 Å². The number of nitrogen functional groups attached to an aromatic ring is 1. The van der Waals surface area contributed by atoms with Crippen molar-refractivity contribution in [2.24, 2.45) is 0 Å². The van der Waals surface area contributed by atoms with Crippen molar-refractivity contribution in [3.63, 3.8) is 0 Å². The Kier molecular flexibility index (Phi) is 7.59. The third-order valence-corrected chi connectivity index (χ3v) is 4.97. The van der Waals surface area contributed by atoms with Crippen LogP contribution in [0.25, 0.3) is 0 Å². The van der Waals surface area contributed by atoms with Crippen LogP contribution in [0.4, 0.5) is 11.8 Å². The maximum atomic E-state index is 6.24. The molecule has 0 aliphatic heterocycles. The minimum absolute atomic E-state index is 0.164. The lowest BCUT2D eigenvalue weighted by Crippen LogP contribution is -2.10. The van der Waals surface area contributed by atoms with Crippen LogP contribution < -0.4 is 30.0 Å². The molecule has 0 unspecified atom stereocenters. The Labute approximate surface area is 188 Å². The third kappa shape index (κ3) is 5.51. The first-order valence-electron chi connectivity index (χ1n) is 10.4. The summed E-state index contributed by atoms with van der Waals surface area (Å²) in [4.78, 5) is 8.44. The molecule has 3 N–H and O–H groups in total. The number of aromatic nitrogens is 2. The Morgan fingerprint density at radius 1 is 0.938 bits per heavy atom. The fourth-order valence-corrected chi connectivity index (χ4v) is 3.27. The van der Waals surface area contributed by atoms with E-state index in [1.54, 1.807) is 27.5 Å². The second-order valence-corrected chi connectivity index (χ2v) is 7.47. The normalized spacial score (nSPS) is 10.7. The summed E-state index contributed by atoms with van der Waals surface area (Å²) in [6.45, 7) is 4.80. The van der Waals surface area contributed by atoms with E-state index in [0.29, 0.717) is 35.4 Å². The number of benzene rings is 2. The van der Waals surface area contributed by atoms with Gasteiger partial charge in [0.1, 0.15) is 11.5 Å². The monoisotopic (exact) mass is 438 g/mol. The molecular weight excluding hydrogens is 408 g/mol. The first kappa shape index (κ1) is 23.0. The molecule has 170 valence electrons. The molecule has 0 saturated heterocycles. The van der Waals surface area contributed by atoms with Gasteiger partial charge in [-0.1, -0.05) is 26.0 Å². The molecule has 0 saturated carbocycles. The van der Waals surface area contributed by atoms with Crippen LogP contribution in [0.15, 0.2) is 42.6 Å². The number of ether oxygens (including phenoxy) is 4. The van der Waals surface area contributed by atoms with Gasteiger partial charge in [0.2, 0.25) is 5.95 Å². The topological polar surface area (TPSA) is 101 Å². The molecule has 0 amide bonds. The number of hydrogen-bond acceptors (Lipinski definition) is 8. The number of hydrogen-bond donors (Lipinski definition) is 2. The fraction of sp³-hybridized carbons (Fsp3) is 0.333. The van der Waals surface area contributed by atoms with Gasteiger partial charge in [0.15, 0.2) is 23.1 Å². The predicted molar refractivity (Wildman–Crippen MR) is 125 cm³/mol. The molecule has 1 aromatic heterocycles. The smallest absolute Gasteiger partial charge is 0.222 e. The predicted octanol–water partition coefficient (Wildman–Crippen LogP) is 4.65. The number of nitrogens with one attached hydrogen (secondary N) is 1. The number of methoxy groups -OCH3 is 3. The van der Waals surface area contributed by atoms with E-state index in [1.807, 2.05) is 30.3 Å². The molecule has 0 atom stereocenters. The van der Waals surface area contributed by atoms with Gasteiger partial charge in [-0.05, 0) is 36.1 Å². The van der Waals surface area contributed by atoms with Gasteiger partial charge in [0, 0.05) is 18.2 Å². The highest BCUT2D eigenvalue weighted by atomic mass is 16.5. The van der Waals surface area contributed by atoms with E-state index in [9.17, 15) is 0 Å². The van der Waals surface area contributed by atoms with Crippen LogP contribution >= 0.6 is 0 Å². The second-order valence-electron chi connectivity index (χ2n) is 7.47. The summed E-state index contributed by atoms with van der Waals surface area (Å²) in [5, 5.41) is 3.31. The lowest BCUT2D eigenvalue weighted by Gasteiger charge is -2.19. The molecule has 8 heteroatoms. The highest BCUT2D eigenvalue weighted by molar-refractivity contribution is 5.57. The zero-order chi connectivity index (χ0) is 23.1. The Morgan fingerprint density at radius 2 is 1.69 bits per heavy atom. The molecule has 0 bridgehead atoms. The van der Waals surface area contributed by atoms with Crippen molar-refractivity contribution in [1.29, 1.82) is 0 Å². The lowest BCUT2D eigenvalue weighted by atomic mass is 10.0. The van der Waals surface area contributed by atoms with E-state index in [-0.39, 0.29) is 11.9 Å². The van der Waals surface area contributed by atoms with Crippen LogP contribution in [0.1, 0.15) is 30.9 Å². The minimum atomic E-state index is 0.164. The Morgan fingerprint density at radius 3 is 2.38 bits per heavy atom. The van der Waals surface area contributed by atoms with Gasteiger partial charge in [-0.25, -0.2) is 4.98 Å². The number of nitrogens with two attached hydrogens (primary N) is 1. The highest BCUT2D eigenvalue weighted by Crippen LogP contribution is 2.41. The van der Waals surface area contributed by atoms with E-state index >= 15 is 0 Å². The van der Waals surface area contributed by atoms with E-state index in [4.69, 9.17) is 24.7 Å². The summed E-state index contributed by atoms with van der Waals surface area (Å²) in [6, 6.07) is 11.7. The van der Waals surface area contributed by atoms with Gasteiger partial charge in [0.05, 0.1) is 27.5 Å². The maximum Gasteiger partial charge on any atom is 0.222 e. The van der Waals surface area contributed by atoms with Crippen LogP contribution in [0.3, 0.4) is 0 Å². The van der Waals surface area contributed by atoms with E-state index in [1.165, 1.54) is 0 Å². The third-order valence-electron chi connectivity index (χ3n) is 4.97. The Bertz CT molecular complexity index is 1060. The molecule has 3 aromatic rings. The molecule has 0 spiro atoms. The van der Waals surface area contributed by atoms with E-state index in [2.05, 4.69) is 35.2 Å². The van der Waals surface area contributed by atoms with E-state index in [0.717, 1.165) is 23.3 Å². The van der Waals surface area contributed by atoms with Gasteiger partial charge < -0.3 is 30.0 Å². The SMILES string of the molecule is COc1cccc(CCNc2nc(N)ncc2Oc2cc(OC)c(OC)cc2C(C)C)c1. The number of rotatable bonds is 10. The summed E-state index contributed by atoms with van der Waals surface area (Å²) < 4.78 is 22.4. The molecule has 32 heavy (non-hydrogen) atoms. The Balaban J connectivity index is 1.83. The average molecular weight is 439 g/mol. The minimum Gasteiger partial charge on any atom is -0.497 e. The van der Waals surface area contributed by atoms with Crippen molar-refractivity contribution in [3.8, 4) is 28.7 Å². The van der Waals surface area contributed by atoms with Crippen molar-refractivity contribution in [2.45, 2.75) is 26.2 Å². The van der Waals surface area contributed by atoms with E-state index < -0.39 is 0 Å². The first-order chi connectivity index (χ1) is 15.4. The largest absolute Gasteiger partial charge is 0.497 e. The second kappa shape index (κ2) is 10.6. The van der Waals surface area contributed by atoms with Gasteiger partial charge in [-0.15, -0.1) is 0 Å². The standard InChI is InChI=1S/C24H30N4O4/c1-15(2)18-12-20(30-4)21(31-5)13-19(18)32-22-14-27-24(25)28-23(22)26-10-9-16-7-6-8-17(11-16)29-3/h6-8,11-15H,9-10H2,1-5H3,(H3,25,26,27,28). The van der Waals surface area contributed by atoms with Crippen molar-refractivity contribution in [2.75, 3.05) is 38.9 Å². The quantitative estimate of drug-likeness (QED) is 0.472. The van der Waals surface area contributed by atoms with Crippen LogP contribution in [0.5, 0.6) is 28.7 Å². The summed E-state index contributed by atoms with van der Waals surface area (Å²) in [5.41, 5.74) is 7.95.